The summed E-state index contributed by atoms with van der Waals surface area (Å²) in [6.07, 6.45) is 18.2. The number of likely N-dealkylation sites (tertiary alicyclic amines) is 1. The Balaban J connectivity index is 0.00000137. The molecule has 0 aromatic carbocycles. The highest BCUT2D eigenvalue weighted by Crippen LogP contribution is 2.30. The van der Waals surface area contributed by atoms with Crippen LogP contribution in [-0.2, 0) is 87.9 Å². The Morgan fingerprint density at radius 1 is 0.481 bits per heavy atom. The van der Waals surface area contributed by atoms with Crippen LogP contribution >= 0.6 is 0 Å². The second-order valence-electron chi connectivity index (χ2n) is 36.7. The van der Waals surface area contributed by atoms with Gasteiger partial charge < -0.3 is 97.9 Å². The van der Waals surface area contributed by atoms with Gasteiger partial charge in [0.05, 0.1) is 85.5 Å². The summed E-state index contributed by atoms with van der Waals surface area (Å²) in [5, 5.41) is 36.2. The van der Waals surface area contributed by atoms with Gasteiger partial charge in [0, 0.05) is 119 Å². The zero-order chi connectivity index (χ0) is 99.0. The van der Waals surface area contributed by atoms with Gasteiger partial charge in [-0.3, -0.25) is 91.5 Å². The van der Waals surface area contributed by atoms with E-state index in [2.05, 4.69) is 58.8 Å². The number of H-pyrrole nitrogens is 1. The molecule has 0 aliphatic carbocycles. The third-order valence-corrected chi connectivity index (χ3v) is 23.6. The van der Waals surface area contributed by atoms with Crippen molar-refractivity contribution in [3.8, 4) is 0 Å². The van der Waals surface area contributed by atoms with Gasteiger partial charge in [-0.1, -0.05) is 146 Å². The van der Waals surface area contributed by atoms with Gasteiger partial charge in [-0.25, -0.2) is 4.98 Å². The van der Waals surface area contributed by atoms with Gasteiger partial charge >= 0.3 is 0 Å². The molecule has 38 nitrogen and oxygen atoms in total. The third kappa shape index (κ3) is 50.5. The number of aromatic amines is 1. The second kappa shape index (κ2) is 66.4. The van der Waals surface area contributed by atoms with Crippen LogP contribution in [-0.4, -0.2) is 218 Å². The summed E-state index contributed by atoms with van der Waals surface area (Å²) in [4.78, 5) is 242. The summed E-state index contributed by atoms with van der Waals surface area (Å²) in [5.41, 5.74) is 44.6. The predicted octanol–water partition coefficient (Wildman–Crippen LogP) is 4.41. The zero-order valence-electron chi connectivity index (χ0n) is 80.3. The van der Waals surface area contributed by atoms with Crippen molar-refractivity contribution in [2.75, 3.05) is 32.8 Å². The number of aliphatic hydroxyl groups is 2. The molecule has 744 valence electrons. The number of guanidine groups is 2. The fraction of sp³-hybridized carbons (Fsp3) is 0.763. The number of carbonyl (C=O) groups excluding carboxylic acids is 17. The Hall–Kier alpha value is -9.98. The molecule has 10 amide bonds. The van der Waals surface area contributed by atoms with Crippen LogP contribution in [0.5, 0.6) is 0 Å². The first-order valence-corrected chi connectivity index (χ1v) is 47.6. The zero-order valence-corrected chi connectivity index (χ0v) is 80.3. The van der Waals surface area contributed by atoms with Crippen molar-refractivity contribution in [3.63, 3.8) is 0 Å². The van der Waals surface area contributed by atoms with E-state index in [1.807, 2.05) is 41.5 Å². The van der Waals surface area contributed by atoms with Gasteiger partial charge in [0.15, 0.2) is 52.4 Å². The van der Waals surface area contributed by atoms with Crippen LogP contribution in [0.25, 0.3) is 0 Å². The maximum absolute atomic E-state index is 14.6. The van der Waals surface area contributed by atoms with Gasteiger partial charge in [0.25, 0.3) is 0 Å². The van der Waals surface area contributed by atoms with Crippen molar-refractivity contribution in [2.24, 2.45) is 115 Å². The topological polar surface area (TPSA) is 668 Å². The predicted molar refractivity (Wildman–Crippen MR) is 500 cm³/mol. The molecule has 25 N–H and O–H groups in total. The summed E-state index contributed by atoms with van der Waals surface area (Å²) < 4.78 is 0. The largest absolute Gasteiger partial charge is 0.396 e. The highest BCUT2D eigenvalue weighted by Gasteiger charge is 2.42. The Morgan fingerprint density at radius 3 is 1.50 bits per heavy atom. The molecule has 1 saturated heterocycles. The Morgan fingerprint density at radius 2 is 0.992 bits per heavy atom. The van der Waals surface area contributed by atoms with E-state index >= 15 is 0 Å². The lowest BCUT2D eigenvalue weighted by Gasteiger charge is -2.30. The number of imidazole rings is 1. The molecule has 0 unspecified atom stereocenters. The molecule has 0 radical (unpaired) electrons. The molecule has 1 aromatic heterocycles. The minimum Gasteiger partial charge on any atom is -0.396 e. The van der Waals surface area contributed by atoms with E-state index in [0.29, 0.717) is 44.3 Å². The molecule has 1 aromatic rings. The summed E-state index contributed by atoms with van der Waals surface area (Å²) in [5.74, 6) is -16.5. The molecule has 0 bridgehead atoms. The van der Waals surface area contributed by atoms with E-state index < -0.39 is 198 Å². The number of Topliss-reactive ketones (excluding diaryl/α,β-unsaturated/α-hetero) is 7. The van der Waals surface area contributed by atoms with Crippen LogP contribution < -0.4 is 77.8 Å². The normalized spacial score (nSPS) is 15.7. The fourth-order valence-corrected chi connectivity index (χ4v) is 15.7. The number of nitrogens with two attached hydrogens (primary N) is 8. The minimum atomic E-state index is -1.30. The molecule has 1 fully saturated rings. The number of nitrogens with zero attached hydrogens (tertiary/aromatic N) is 4. The van der Waals surface area contributed by atoms with Gasteiger partial charge in [-0.2, -0.15) is 0 Å². The monoisotopic (exact) mass is 1850 g/mol. The Labute approximate surface area is 775 Å². The molecule has 1 aliphatic rings. The second-order valence-corrected chi connectivity index (χ2v) is 36.7. The quantitative estimate of drug-likeness (QED) is 0.0244. The maximum atomic E-state index is 14.6. The Bertz CT molecular complexity index is 3790. The SMILES string of the molecule is CC(C)C[C@H](CC(=O)[C@H](CCCCN)NC(=O)[C@H](CCCN=C(N)N)CC(=O)[C@@H]1CCCN1C(=O)[C@H](CCCN=C(N)N)CC(=O)[C@H](CCC(N)=O)NC(=O)[C@@H](C)CO)C(=O)N[C@@H](CC(C)C)C(=O)C[C@@H](C)C(N)=O.CCCCCCCCCCCCCCCC(=O)N[C@H](C(=O)C[C@@H](Cc1cnc[nH]1)C(=O)N[C@@H](C)C(=O)C[C@H](C(=O)N[C@@H](CC(N)=O)C(=O)CC)[C@@H](C)O)C(C)C. The van der Waals surface area contributed by atoms with Crippen molar-refractivity contribution < 1.29 is 91.7 Å². The molecule has 1 aliphatic heterocycles. The molecule has 2 rings (SSSR count). The van der Waals surface area contributed by atoms with Crippen LogP contribution in [0.4, 0.5) is 0 Å². The number of carbonyl (C=O) groups is 17. The number of hydrogen-bond donors (Lipinski definition) is 17. The minimum absolute atomic E-state index is 0.00315. The van der Waals surface area contributed by atoms with Crippen molar-refractivity contribution in [3.05, 3.63) is 18.2 Å². The van der Waals surface area contributed by atoms with Crippen LogP contribution in [0.15, 0.2) is 22.5 Å². The molecule has 0 spiro atoms. The third-order valence-electron chi connectivity index (χ3n) is 23.6. The number of aliphatic hydroxyl groups excluding tert-OH is 2. The molecule has 0 saturated carbocycles. The van der Waals surface area contributed by atoms with E-state index in [0.717, 1.165) is 25.7 Å². The molecular weight excluding hydrogens is 1690 g/mol. The van der Waals surface area contributed by atoms with Crippen molar-refractivity contribution in [1.29, 1.82) is 0 Å². The smallest absolute Gasteiger partial charge is 0.226 e. The number of aromatic nitrogens is 2. The molecule has 131 heavy (non-hydrogen) atoms. The lowest BCUT2D eigenvalue weighted by molar-refractivity contribution is -0.143. The first-order valence-electron chi connectivity index (χ1n) is 47.6. The summed E-state index contributed by atoms with van der Waals surface area (Å²) in [6, 6.07) is -7.31. The van der Waals surface area contributed by atoms with Crippen LogP contribution in [0.3, 0.4) is 0 Å². The van der Waals surface area contributed by atoms with Gasteiger partial charge in [0.2, 0.25) is 59.1 Å². The van der Waals surface area contributed by atoms with E-state index in [9.17, 15) is 91.7 Å². The van der Waals surface area contributed by atoms with E-state index in [1.54, 1.807) is 6.92 Å². The molecular formula is C93H163N19O19. The van der Waals surface area contributed by atoms with Crippen molar-refractivity contribution in [1.82, 2.24) is 46.8 Å². The van der Waals surface area contributed by atoms with Gasteiger partial charge in [0.1, 0.15) is 0 Å². The molecule has 2 heterocycles. The lowest BCUT2D eigenvalue weighted by Crippen LogP contribution is -2.49. The first kappa shape index (κ1) is 119. The molecule has 15 atom stereocenters. The summed E-state index contributed by atoms with van der Waals surface area (Å²) in [7, 11) is 0. The summed E-state index contributed by atoms with van der Waals surface area (Å²) >= 11 is 0. The number of ketones is 7. The summed E-state index contributed by atoms with van der Waals surface area (Å²) in [6.45, 7) is 21.0. The number of amides is 10. The average Bonchev–Trinajstić information content (AvgIpc) is 1.74. The van der Waals surface area contributed by atoms with E-state index in [4.69, 9.17) is 45.9 Å². The fourth-order valence-electron chi connectivity index (χ4n) is 15.7. The lowest BCUT2D eigenvalue weighted by atomic mass is 9.87. The van der Waals surface area contributed by atoms with Crippen LogP contribution in [0, 0.1) is 59.2 Å². The highest BCUT2D eigenvalue weighted by molar-refractivity contribution is 6.00. The standard InChI is InChI=1S/C51H91N13O11.C42H72N6O8/c1-29(2)22-35(48(74)63-38(23-30(3)4)40(66)24-31(5)45(54)71)27-42(68)36(14-7-8-18-52)62-47(73)33(12-9-19-59-50(55)56)25-43(69)39-15-11-21-64(39)49(75)34(13-10-20-60-51(57)58)26-41(67)37(16-17-44(53)70)61-46(72)32(6)28-65;1-7-9-10-11-12-13-14-15-16-17-18-19-20-21-39(54)48-40(28(3)4)37(52)23-31(22-32-26-44-27-45-32)41(55)46-29(5)36(51)24-33(30(6)49)42(56)47-34(25-38(43)53)35(50)8-2/h29-39,65H,7-28,52H2,1-6H3,(H2,53,70)(H2,54,71)(H,61,72)(H,62,73)(H,63,74)(H4,55,56,59)(H4,57,58,60);26-31,33-34,40,49H,7-25H2,1-6H3,(H2,43,53)(H,44,45)(H,46,55)(H,47,56)(H,48,54)/t31-,32+,33-,34-,35-,36+,37+,38+,39+;29-,30+,31+,33-,34-,40-/m10/s1. The van der Waals surface area contributed by atoms with Crippen LogP contribution in [0.2, 0.25) is 0 Å². The maximum Gasteiger partial charge on any atom is 0.226 e. The number of primary amides is 3. The number of hydrogen-bond acceptors (Lipinski definition) is 23. The van der Waals surface area contributed by atoms with Gasteiger partial charge in [-0.05, 0) is 122 Å². The highest BCUT2D eigenvalue weighted by atomic mass is 16.3. The van der Waals surface area contributed by atoms with Crippen molar-refractivity contribution in [2.45, 2.75) is 363 Å². The number of unbranched alkanes of at least 4 members (excludes halogenated alkanes) is 13. The van der Waals surface area contributed by atoms with Gasteiger partial charge in [-0.15, -0.1) is 0 Å². The Kier molecular flexibility index (Phi) is 60.3. The van der Waals surface area contributed by atoms with Crippen molar-refractivity contribution >= 4 is 111 Å². The number of nitrogens with one attached hydrogen (secondary N) is 7. The molecule has 38 heteroatoms. The van der Waals surface area contributed by atoms with E-state index in [-0.39, 0.29) is 163 Å². The average molecular weight is 1850 g/mol. The first-order chi connectivity index (χ1) is 61.8. The van der Waals surface area contributed by atoms with Crippen LogP contribution in [0.1, 0.15) is 314 Å². The number of aliphatic imine (C=N–C) groups is 2. The number of rotatable bonds is 73. The van der Waals surface area contributed by atoms with E-state index in [1.165, 1.54) is 103 Å².